The molecule has 6 heteroatoms. The van der Waals surface area contributed by atoms with Crippen molar-refractivity contribution in [3.63, 3.8) is 0 Å². The molecular formula is C29H30N4OS. The zero-order chi connectivity index (χ0) is 24.7. The highest BCUT2D eigenvalue weighted by atomic mass is 32.1. The highest BCUT2D eigenvalue weighted by molar-refractivity contribution is 7.80. The zero-order valence-electron chi connectivity index (χ0n) is 20.7. The van der Waals surface area contributed by atoms with Crippen LogP contribution in [0.2, 0.25) is 0 Å². The second kappa shape index (κ2) is 9.19. The Kier molecular flexibility index (Phi) is 6.07. The SMILES string of the molecule is COc1ccccc1N1C(=S)N[C@H](c2ccccn2)[C@H]1c1cc(C)n(-c2cccc(C)c2C)c1C. The van der Waals surface area contributed by atoms with Gasteiger partial charge in [0.05, 0.1) is 30.6 Å². The van der Waals surface area contributed by atoms with Crippen LogP contribution in [0.4, 0.5) is 5.69 Å². The third-order valence-electron chi connectivity index (χ3n) is 7.05. The summed E-state index contributed by atoms with van der Waals surface area (Å²) in [6, 6.07) is 22.6. The lowest BCUT2D eigenvalue weighted by Crippen LogP contribution is -2.30. The predicted octanol–water partition coefficient (Wildman–Crippen LogP) is 6.29. The van der Waals surface area contributed by atoms with Crippen molar-refractivity contribution in [2.75, 3.05) is 12.0 Å². The Morgan fingerprint density at radius 2 is 1.66 bits per heavy atom. The van der Waals surface area contributed by atoms with Gasteiger partial charge in [-0.1, -0.05) is 30.3 Å². The molecule has 0 spiro atoms. The summed E-state index contributed by atoms with van der Waals surface area (Å²) in [5, 5.41) is 4.22. The molecule has 0 amide bonds. The molecule has 2 aromatic carbocycles. The fourth-order valence-electron chi connectivity index (χ4n) is 5.19. The van der Waals surface area contributed by atoms with Gasteiger partial charge in [-0.25, -0.2) is 0 Å². The van der Waals surface area contributed by atoms with Crippen LogP contribution in [0.15, 0.2) is 72.9 Å². The number of hydrogen-bond acceptors (Lipinski definition) is 3. The number of methoxy groups -OCH3 is 1. The summed E-state index contributed by atoms with van der Waals surface area (Å²) in [5.74, 6) is 0.784. The number of para-hydroxylation sites is 2. The van der Waals surface area contributed by atoms with Crippen LogP contribution < -0.4 is 15.0 Å². The first-order chi connectivity index (χ1) is 16.9. The number of anilines is 1. The van der Waals surface area contributed by atoms with Crippen molar-refractivity contribution >= 4 is 23.0 Å². The van der Waals surface area contributed by atoms with Crippen LogP contribution in [0, 0.1) is 27.7 Å². The zero-order valence-corrected chi connectivity index (χ0v) is 21.6. The van der Waals surface area contributed by atoms with E-state index >= 15 is 0 Å². The van der Waals surface area contributed by atoms with Gasteiger partial charge < -0.3 is 19.5 Å². The third-order valence-corrected chi connectivity index (χ3v) is 7.36. The smallest absolute Gasteiger partial charge is 0.174 e. The minimum absolute atomic E-state index is 0.0984. The van der Waals surface area contributed by atoms with Gasteiger partial charge in [-0.3, -0.25) is 4.98 Å². The molecule has 2 aromatic heterocycles. The van der Waals surface area contributed by atoms with Crippen LogP contribution in [0.1, 0.15) is 45.9 Å². The summed E-state index contributed by atoms with van der Waals surface area (Å²) >= 11 is 5.92. The summed E-state index contributed by atoms with van der Waals surface area (Å²) < 4.78 is 8.09. The van der Waals surface area contributed by atoms with E-state index in [0.29, 0.717) is 5.11 Å². The molecule has 0 radical (unpaired) electrons. The van der Waals surface area contributed by atoms with Crippen molar-refractivity contribution < 1.29 is 4.74 Å². The molecule has 1 N–H and O–H groups in total. The van der Waals surface area contributed by atoms with Crippen molar-refractivity contribution in [3.05, 3.63) is 107 Å². The van der Waals surface area contributed by atoms with E-state index in [9.17, 15) is 0 Å². The number of benzene rings is 2. The fraction of sp³-hybridized carbons (Fsp3) is 0.241. The van der Waals surface area contributed by atoms with Gasteiger partial charge in [0.15, 0.2) is 5.11 Å². The lowest BCUT2D eigenvalue weighted by molar-refractivity contribution is 0.414. The third kappa shape index (κ3) is 3.88. The van der Waals surface area contributed by atoms with Crippen molar-refractivity contribution in [2.24, 2.45) is 0 Å². The molecule has 0 unspecified atom stereocenters. The number of aromatic nitrogens is 2. The van der Waals surface area contributed by atoms with E-state index < -0.39 is 0 Å². The first-order valence-corrected chi connectivity index (χ1v) is 12.2. The summed E-state index contributed by atoms with van der Waals surface area (Å²) in [5.41, 5.74) is 9.24. The molecular weight excluding hydrogens is 452 g/mol. The number of ether oxygens (including phenoxy) is 1. The van der Waals surface area contributed by atoms with E-state index in [1.807, 2.05) is 36.5 Å². The number of thiocarbonyl (C=S) groups is 1. The van der Waals surface area contributed by atoms with Crippen LogP contribution in [0.3, 0.4) is 0 Å². The molecule has 1 aliphatic heterocycles. The number of nitrogens with zero attached hydrogens (tertiary/aromatic N) is 3. The number of nitrogens with one attached hydrogen (secondary N) is 1. The van der Waals surface area contributed by atoms with E-state index in [4.69, 9.17) is 21.9 Å². The van der Waals surface area contributed by atoms with Gasteiger partial charge in [0, 0.05) is 23.3 Å². The maximum Gasteiger partial charge on any atom is 0.174 e. The van der Waals surface area contributed by atoms with E-state index in [-0.39, 0.29) is 12.1 Å². The van der Waals surface area contributed by atoms with Crippen molar-refractivity contribution in [2.45, 2.75) is 39.8 Å². The second-order valence-electron chi connectivity index (χ2n) is 9.05. The topological polar surface area (TPSA) is 42.3 Å². The lowest BCUT2D eigenvalue weighted by atomic mass is 9.96. The van der Waals surface area contributed by atoms with Crippen LogP contribution in [-0.4, -0.2) is 21.8 Å². The average molecular weight is 483 g/mol. The molecule has 0 saturated carbocycles. The number of rotatable bonds is 5. The molecule has 1 aliphatic rings. The first-order valence-electron chi connectivity index (χ1n) is 11.8. The maximum absolute atomic E-state index is 5.92. The number of pyridine rings is 1. The quantitative estimate of drug-likeness (QED) is 0.339. The molecule has 2 atom stereocenters. The Bertz CT molecular complexity index is 1400. The van der Waals surface area contributed by atoms with E-state index in [2.05, 4.69) is 78.9 Å². The molecule has 4 aromatic rings. The highest BCUT2D eigenvalue weighted by Crippen LogP contribution is 2.46. The van der Waals surface area contributed by atoms with Crippen LogP contribution in [0.25, 0.3) is 5.69 Å². The average Bonchev–Trinajstić information content (AvgIpc) is 3.36. The largest absolute Gasteiger partial charge is 0.495 e. The molecule has 35 heavy (non-hydrogen) atoms. The van der Waals surface area contributed by atoms with Gasteiger partial charge in [-0.05, 0) is 93.0 Å². The molecule has 5 rings (SSSR count). The van der Waals surface area contributed by atoms with Gasteiger partial charge in [-0.2, -0.15) is 0 Å². The van der Waals surface area contributed by atoms with Crippen molar-refractivity contribution in [1.29, 1.82) is 0 Å². The summed E-state index contributed by atoms with van der Waals surface area (Å²) in [6.07, 6.45) is 1.84. The molecule has 0 bridgehead atoms. The summed E-state index contributed by atoms with van der Waals surface area (Å²) in [6.45, 7) is 8.71. The second-order valence-corrected chi connectivity index (χ2v) is 9.44. The summed E-state index contributed by atoms with van der Waals surface area (Å²) in [7, 11) is 1.70. The Hall–Kier alpha value is -3.64. The van der Waals surface area contributed by atoms with Crippen LogP contribution in [-0.2, 0) is 0 Å². The highest BCUT2D eigenvalue weighted by Gasteiger charge is 2.43. The van der Waals surface area contributed by atoms with E-state index in [1.165, 1.54) is 33.8 Å². The van der Waals surface area contributed by atoms with Crippen molar-refractivity contribution in [3.8, 4) is 11.4 Å². The number of aryl methyl sites for hydroxylation is 2. The van der Waals surface area contributed by atoms with Gasteiger partial charge in [0.25, 0.3) is 0 Å². The minimum atomic E-state index is -0.110. The Morgan fingerprint density at radius 3 is 2.40 bits per heavy atom. The minimum Gasteiger partial charge on any atom is -0.495 e. The van der Waals surface area contributed by atoms with Gasteiger partial charge in [-0.15, -0.1) is 0 Å². The lowest BCUT2D eigenvalue weighted by Gasteiger charge is -2.29. The van der Waals surface area contributed by atoms with Crippen molar-refractivity contribution in [1.82, 2.24) is 14.9 Å². The van der Waals surface area contributed by atoms with E-state index in [1.54, 1.807) is 7.11 Å². The molecule has 1 saturated heterocycles. The standard InChI is InChI=1S/C29H30N4OS/c1-18-11-10-14-24(20(18)3)32-19(2)17-22(21(32)4)28-27(23-12-8-9-16-30-23)31-29(35)33(28)25-13-6-7-15-26(25)34-5/h6-17,27-28H,1-5H3,(H,31,35)/t27-,28-/m1/s1. The number of hydrogen-bond donors (Lipinski definition) is 1. The van der Waals surface area contributed by atoms with Crippen LogP contribution >= 0.6 is 12.2 Å². The monoisotopic (exact) mass is 482 g/mol. The fourth-order valence-corrected chi connectivity index (χ4v) is 5.53. The molecule has 0 aliphatic carbocycles. The Morgan fingerprint density at radius 1 is 0.914 bits per heavy atom. The first kappa shape index (κ1) is 23.1. The van der Waals surface area contributed by atoms with Gasteiger partial charge >= 0.3 is 0 Å². The van der Waals surface area contributed by atoms with E-state index in [0.717, 1.165) is 17.1 Å². The molecule has 1 fully saturated rings. The summed E-state index contributed by atoms with van der Waals surface area (Å²) in [4.78, 5) is 6.88. The Labute approximate surface area is 212 Å². The normalized spacial score (nSPS) is 17.5. The van der Waals surface area contributed by atoms with Gasteiger partial charge in [0.2, 0.25) is 0 Å². The molecule has 3 heterocycles. The molecule has 5 nitrogen and oxygen atoms in total. The van der Waals surface area contributed by atoms with Crippen LogP contribution in [0.5, 0.6) is 5.75 Å². The van der Waals surface area contributed by atoms with Gasteiger partial charge in [0.1, 0.15) is 5.75 Å². The molecule has 178 valence electrons. The Balaban J connectivity index is 1.72. The predicted molar refractivity (Wildman–Crippen MR) is 146 cm³/mol. The maximum atomic E-state index is 5.92.